The number of rotatable bonds is 12. The van der Waals surface area contributed by atoms with Gasteiger partial charge in [0.05, 0.1) is 19.1 Å². The Labute approximate surface area is 185 Å². The van der Waals surface area contributed by atoms with Crippen molar-refractivity contribution in [2.24, 2.45) is 0 Å². The van der Waals surface area contributed by atoms with E-state index in [9.17, 15) is 0 Å². The van der Waals surface area contributed by atoms with E-state index in [0.29, 0.717) is 0 Å². The van der Waals surface area contributed by atoms with Gasteiger partial charge in [0.1, 0.15) is 11.5 Å². The second-order valence-corrected chi connectivity index (χ2v) is 8.67. The van der Waals surface area contributed by atoms with Gasteiger partial charge in [-0.15, -0.1) is 0 Å². The van der Waals surface area contributed by atoms with Crippen molar-refractivity contribution in [2.45, 2.75) is 43.4 Å². The molecule has 162 valence electrons. The predicted octanol–water partition coefficient (Wildman–Crippen LogP) is 6.14. The summed E-state index contributed by atoms with van der Waals surface area (Å²) in [5.41, 5.74) is 2.25. The Morgan fingerprint density at radius 3 is 2.60 bits per heavy atom. The number of ether oxygens (including phenoxy) is 2. The zero-order chi connectivity index (χ0) is 21.2. The fourth-order valence-electron chi connectivity index (χ4n) is 3.65. The molecule has 1 unspecified atom stereocenters. The van der Waals surface area contributed by atoms with Crippen LogP contribution >= 0.6 is 11.8 Å². The van der Waals surface area contributed by atoms with E-state index < -0.39 is 0 Å². The van der Waals surface area contributed by atoms with Crippen LogP contribution in [0.15, 0.2) is 53.4 Å². The van der Waals surface area contributed by atoms with Crippen LogP contribution in [0.5, 0.6) is 11.5 Å². The Bertz CT molecular complexity index is 794. The minimum Gasteiger partial charge on any atom is -0.496 e. The molecule has 4 nitrogen and oxygen atoms in total. The number of nitrogens with zero attached hydrogens (tertiary/aromatic N) is 1. The Balaban J connectivity index is 1.51. The summed E-state index contributed by atoms with van der Waals surface area (Å²) in [5, 5.41) is 3.76. The smallest absolute Gasteiger partial charge is 0.129 e. The average Bonchev–Trinajstić information content (AvgIpc) is 3.19. The van der Waals surface area contributed by atoms with Crippen LogP contribution in [0.3, 0.4) is 0 Å². The molecule has 0 amide bonds. The van der Waals surface area contributed by atoms with E-state index in [2.05, 4.69) is 66.5 Å². The Morgan fingerprint density at radius 1 is 1.07 bits per heavy atom. The highest BCUT2D eigenvalue weighted by Gasteiger charge is 2.18. The van der Waals surface area contributed by atoms with Crippen LogP contribution in [0.2, 0.25) is 0 Å². The van der Waals surface area contributed by atoms with Crippen LogP contribution in [0.4, 0.5) is 5.69 Å². The zero-order valence-electron chi connectivity index (χ0n) is 18.4. The normalized spacial score (nSPS) is 15.4. The topological polar surface area (TPSA) is 33.7 Å². The number of hydrogen-bond acceptors (Lipinski definition) is 5. The molecule has 0 aliphatic carbocycles. The summed E-state index contributed by atoms with van der Waals surface area (Å²) in [6.07, 6.45) is 7.74. The maximum Gasteiger partial charge on any atom is 0.129 e. The molecule has 5 heteroatoms. The second-order valence-electron chi connectivity index (χ2n) is 7.49. The summed E-state index contributed by atoms with van der Waals surface area (Å²) < 4.78 is 11.6. The quantitative estimate of drug-likeness (QED) is 0.412. The molecule has 0 saturated heterocycles. The van der Waals surface area contributed by atoms with Gasteiger partial charge in [-0.2, -0.15) is 0 Å². The zero-order valence-corrected chi connectivity index (χ0v) is 19.2. The number of nitrogens with one attached hydrogen (secondary N) is 1. The molecule has 2 aromatic carbocycles. The van der Waals surface area contributed by atoms with Gasteiger partial charge in [-0.25, -0.2) is 0 Å². The number of para-hydroxylation sites is 1. The molecule has 1 aliphatic heterocycles. The third-order valence-electron chi connectivity index (χ3n) is 5.06. The molecule has 1 aliphatic rings. The van der Waals surface area contributed by atoms with E-state index in [1.807, 2.05) is 23.9 Å². The lowest BCUT2D eigenvalue weighted by Crippen LogP contribution is -2.27. The molecule has 1 N–H and O–H groups in total. The van der Waals surface area contributed by atoms with Crippen LogP contribution in [0.25, 0.3) is 6.08 Å². The van der Waals surface area contributed by atoms with Crippen molar-refractivity contribution in [2.75, 3.05) is 38.7 Å². The van der Waals surface area contributed by atoms with Crippen molar-refractivity contribution >= 4 is 23.5 Å². The number of thioether (sulfide) groups is 1. The molecule has 30 heavy (non-hydrogen) atoms. The highest BCUT2D eigenvalue weighted by Crippen LogP contribution is 2.39. The fraction of sp³-hybridized carbons (Fsp3) is 0.440. The van der Waals surface area contributed by atoms with Gasteiger partial charge in [0, 0.05) is 28.8 Å². The van der Waals surface area contributed by atoms with E-state index in [-0.39, 0.29) is 5.37 Å². The molecule has 0 spiro atoms. The molecular weight excluding hydrogens is 392 g/mol. The molecule has 2 aromatic rings. The third kappa shape index (κ3) is 6.44. The van der Waals surface area contributed by atoms with Gasteiger partial charge in [0.25, 0.3) is 0 Å². The largest absolute Gasteiger partial charge is 0.496 e. The summed E-state index contributed by atoms with van der Waals surface area (Å²) in [6.45, 7) is 8.63. The summed E-state index contributed by atoms with van der Waals surface area (Å²) in [4.78, 5) is 3.81. The van der Waals surface area contributed by atoms with Crippen LogP contribution in [0.1, 0.15) is 38.7 Å². The minimum absolute atomic E-state index is 0.234. The van der Waals surface area contributed by atoms with Crippen LogP contribution in [-0.4, -0.2) is 43.6 Å². The molecule has 0 aromatic heterocycles. The van der Waals surface area contributed by atoms with Crippen LogP contribution in [0, 0.1) is 0 Å². The Kier molecular flexibility index (Phi) is 8.97. The van der Waals surface area contributed by atoms with Gasteiger partial charge in [-0.1, -0.05) is 49.9 Å². The number of anilines is 1. The van der Waals surface area contributed by atoms with Gasteiger partial charge >= 0.3 is 0 Å². The first kappa shape index (κ1) is 22.6. The minimum atomic E-state index is 0.234. The van der Waals surface area contributed by atoms with E-state index in [1.54, 1.807) is 7.11 Å². The van der Waals surface area contributed by atoms with Crippen molar-refractivity contribution in [1.82, 2.24) is 4.90 Å². The van der Waals surface area contributed by atoms with Crippen molar-refractivity contribution in [1.29, 1.82) is 0 Å². The fourth-order valence-corrected chi connectivity index (χ4v) is 4.68. The molecule has 1 atom stereocenters. The summed E-state index contributed by atoms with van der Waals surface area (Å²) in [6, 6.07) is 14.5. The van der Waals surface area contributed by atoms with Gasteiger partial charge in [-0.05, 0) is 56.6 Å². The van der Waals surface area contributed by atoms with Crippen molar-refractivity contribution in [3.05, 3.63) is 54.1 Å². The number of benzene rings is 2. The van der Waals surface area contributed by atoms with E-state index in [0.717, 1.165) is 36.6 Å². The Hall–Kier alpha value is -2.11. The lowest BCUT2D eigenvalue weighted by Gasteiger charge is -2.20. The highest BCUT2D eigenvalue weighted by molar-refractivity contribution is 8.00. The molecule has 3 rings (SSSR count). The molecule has 0 radical (unpaired) electrons. The van der Waals surface area contributed by atoms with E-state index in [1.165, 1.54) is 36.5 Å². The first-order valence-electron chi connectivity index (χ1n) is 11.0. The van der Waals surface area contributed by atoms with E-state index >= 15 is 0 Å². The number of methoxy groups -OCH3 is 1. The van der Waals surface area contributed by atoms with Gasteiger partial charge in [0.15, 0.2) is 0 Å². The average molecular weight is 427 g/mol. The molecule has 0 bridgehead atoms. The van der Waals surface area contributed by atoms with Gasteiger partial charge in [0.2, 0.25) is 0 Å². The first-order chi connectivity index (χ1) is 14.7. The molecule has 0 saturated carbocycles. The monoisotopic (exact) mass is 426 g/mol. The van der Waals surface area contributed by atoms with Crippen LogP contribution in [-0.2, 0) is 0 Å². The lowest BCUT2D eigenvalue weighted by atomic mass is 10.1. The lowest BCUT2D eigenvalue weighted by molar-refractivity contribution is 0.234. The van der Waals surface area contributed by atoms with Crippen molar-refractivity contribution in [3.63, 3.8) is 0 Å². The SMILES string of the molecule is CCCN(CCC)CCCOc1ccc(C=CC2Nc3ccccc3S2)c(OC)c1. The highest BCUT2D eigenvalue weighted by atomic mass is 32.2. The summed E-state index contributed by atoms with van der Waals surface area (Å²) in [5.74, 6) is 1.70. The van der Waals surface area contributed by atoms with Crippen molar-refractivity contribution < 1.29 is 9.47 Å². The first-order valence-corrected chi connectivity index (χ1v) is 11.8. The molecule has 0 fully saturated rings. The summed E-state index contributed by atoms with van der Waals surface area (Å²) in [7, 11) is 1.71. The maximum absolute atomic E-state index is 5.98. The van der Waals surface area contributed by atoms with Crippen molar-refractivity contribution in [3.8, 4) is 11.5 Å². The maximum atomic E-state index is 5.98. The van der Waals surface area contributed by atoms with E-state index in [4.69, 9.17) is 9.47 Å². The van der Waals surface area contributed by atoms with Crippen LogP contribution < -0.4 is 14.8 Å². The third-order valence-corrected chi connectivity index (χ3v) is 6.20. The standard InChI is InChI=1S/C25H34N2O2S/c1-4-15-27(16-5-2)17-8-18-29-21-13-11-20(23(19-21)28-3)12-14-25-26-22-9-6-7-10-24(22)30-25/h6-7,9-14,19,25-26H,4-5,8,15-18H2,1-3H3. The van der Waals surface area contributed by atoms with Gasteiger partial charge < -0.3 is 19.7 Å². The Morgan fingerprint density at radius 2 is 1.87 bits per heavy atom. The second kappa shape index (κ2) is 11.9. The molecular formula is C25H34N2O2S. The number of fused-ring (bicyclic) bond motifs is 1. The predicted molar refractivity (Wildman–Crippen MR) is 129 cm³/mol. The summed E-state index contributed by atoms with van der Waals surface area (Å²) >= 11 is 1.83. The molecule has 1 heterocycles. The number of hydrogen-bond donors (Lipinski definition) is 1. The van der Waals surface area contributed by atoms with Gasteiger partial charge in [-0.3, -0.25) is 0 Å².